The molecular weight excluding hydrogens is 273 g/mol. The molecule has 1 heterocycles. The molecule has 0 saturated heterocycles. The molecule has 110 valence electrons. The lowest BCUT2D eigenvalue weighted by Crippen LogP contribution is -2.23. The van der Waals surface area contributed by atoms with Crippen molar-refractivity contribution >= 4 is 16.1 Å². The number of unbranched alkanes of at least 4 members (excludes halogenated alkanes) is 2. The van der Waals surface area contributed by atoms with Crippen molar-refractivity contribution in [3.63, 3.8) is 0 Å². The zero-order chi connectivity index (χ0) is 14.9. The number of hydrogen-bond donors (Lipinski definition) is 1. The molecule has 0 bridgehead atoms. The summed E-state index contributed by atoms with van der Waals surface area (Å²) in [4.78, 5) is 10.8. The molecule has 0 aromatic carbocycles. The van der Waals surface area contributed by atoms with Crippen molar-refractivity contribution in [1.29, 1.82) is 0 Å². The highest BCUT2D eigenvalue weighted by Crippen LogP contribution is 2.15. The largest absolute Gasteiger partial charge is 0.458 e. The molecule has 1 aromatic rings. The van der Waals surface area contributed by atoms with Crippen LogP contribution in [-0.2, 0) is 10.2 Å². The molecule has 0 fully saturated rings. The van der Waals surface area contributed by atoms with E-state index in [-0.39, 0.29) is 5.76 Å². The Labute approximate surface area is 113 Å². The Bertz CT molecular complexity index is 482. The average molecular weight is 293 g/mol. The Morgan fingerprint density at radius 2 is 2.00 bits per heavy atom. The van der Waals surface area contributed by atoms with Crippen molar-refractivity contribution in [3.05, 3.63) is 18.1 Å². The monoisotopic (exact) mass is 293 g/mol. The Morgan fingerprint density at radius 1 is 1.37 bits per heavy atom. The summed E-state index contributed by atoms with van der Waals surface area (Å²) in [7, 11) is -4.82. The van der Waals surface area contributed by atoms with Crippen LogP contribution in [0.25, 0.3) is 0 Å². The smallest absolute Gasteiger partial charge is 0.335 e. The van der Waals surface area contributed by atoms with Crippen LogP contribution in [0.15, 0.2) is 21.6 Å². The highest BCUT2D eigenvalue weighted by molar-refractivity contribution is 7.86. The molecule has 0 unspecified atom stereocenters. The standard InChI is InChI=1S/C10H14FNO4S.C2H6/c1-2-3-4-5-12-10(13)9-6-8(7-16-9)17(11,14)15;1-2/h6-7H,2-5H2,1H3,(H,12,13);1-2H3. The highest BCUT2D eigenvalue weighted by atomic mass is 32.3. The minimum Gasteiger partial charge on any atom is -0.458 e. The summed E-state index contributed by atoms with van der Waals surface area (Å²) in [5.41, 5.74) is 0. The molecule has 0 aliphatic heterocycles. The zero-order valence-electron chi connectivity index (χ0n) is 11.4. The third kappa shape index (κ3) is 6.37. The second-order valence-corrected chi connectivity index (χ2v) is 4.89. The number of hydrogen-bond acceptors (Lipinski definition) is 4. The predicted octanol–water partition coefficient (Wildman–Crippen LogP) is 2.88. The highest BCUT2D eigenvalue weighted by Gasteiger charge is 2.18. The van der Waals surface area contributed by atoms with Gasteiger partial charge in [0.25, 0.3) is 5.91 Å². The first-order chi connectivity index (χ1) is 8.95. The first-order valence-corrected chi connectivity index (χ1v) is 7.65. The van der Waals surface area contributed by atoms with Crippen LogP contribution in [0.1, 0.15) is 50.6 Å². The van der Waals surface area contributed by atoms with E-state index in [0.29, 0.717) is 12.8 Å². The van der Waals surface area contributed by atoms with Gasteiger partial charge in [-0.05, 0) is 6.42 Å². The van der Waals surface area contributed by atoms with Crippen LogP contribution in [0.5, 0.6) is 0 Å². The molecule has 1 amide bonds. The second-order valence-electron chi connectivity index (χ2n) is 3.55. The van der Waals surface area contributed by atoms with Gasteiger partial charge in [0.05, 0.1) is 0 Å². The quantitative estimate of drug-likeness (QED) is 0.646. The lowest BCUT2D eigenvalue weighted by atomic mass is 10.2. The maximum absolute atomic E-state index is 12.5. The fraction of sp³-hybridized carbons (Fsp3) is 0.583. The van der Waals surface area contributed by atoms with E-state index in [2.05, 4.69) is 9.73 Å². The number of carbonyl (C=O) groups excluding carboxylic acids is 1. The summed E-state index contributed by atoms with van der Waals surface area (Å²) in [6.45, 7) is 6.51. The van der Waals surface area contributed by atoms with E-state index in [0.717, 1.165) is 25.3 Å². The van der Waals surface area contributed by atoms with Crippen molar-refractivity contribution < 1.29 is 21.5 Å². The molecule has 1 rings (SSSR count). The fourth-order valence-corrected chi connectivity index (χ4v) is 1.64. The van der Waals surface area contributed by atoms with Crippen molar-refractivity contribution in [2.75, 3.05) is 6.54 Å². The van der Waals surface area contributed by atoms with Gasteiger partial charge in [-0.1, -0.05) is 33.6 Å². The minimum absolute atomic E-state index is 0.210. The van der Waals surface area contributed by atoms with E-state index in [1.165, 1.54) is 0 Å². The van der Waals surface area contributed by atoms with E-state index in [1.807, 2.05) is 20.8 Å². The zero-order valence-corrected chi connectivity index (χ0v) is 12.2. The van der Waals surface area contributed by atoms with Crippen LogP contribution in [0.4, 0.5) is 3.89 Å². The van der Waals surface area contributed by atoms with Crippen LogP contribution in [0.2, 0.25) is 0 Å². The van der Waals surface area contributed by atoms with Gasteiger partial charge < -0.3 is 9.73 Å². The number of rotatable bonds is 6. The van der Waals surface area contributed by atoms with Crippen LogP contribution >= 0.6 is 0 Å². The first-order valence-electron chi connectivity index (χ1n) is 6.26. The van der Waals surface area contributed by atoms with Gasteiger partial charge in [-0.15, -0.1) is 3.89 Å². The first kappa shape index (κ1) is 17.6. The molecule has 0 atom stereocenters. The van der Waals surface area contributed by atoms with Crippen molar-refractivity contribution in [1.82, 2.24) is 5.32 Å². The Balaban J connectivity index is 0.00000154. The molecule has 0 saturated carbocycles. The number of furan rings is 1. The van der Waals surface area contributed by atoms with E-state index in [9.17, 15) is 17.1 Å². The Kier molecular flexibility index (Phi) is 8.06. The minimum atomic E-state index is -4.82. The molecule has 0 spiro atoms. The third-order valence-corrected chi connectivity index (χ3v) is 2.92. The molecule has 1 N–H and O–H groups in total. The van der Waals surface area contributed by atoms with Gasteiger partial charge in [0.1, 0.15) is 11.2 Å². The second kappa shape index (κ2) is 8.68. The number of nitrogens with one attached hydrogen (secondary N) is 1. The van der Waals surface area contributed by atoms with Gasteiger partial charge in [-0.3, -0.25) is 4.79 Å². The van der Waals surface area contributed by atoms with Gasteiger partial charge in [0, 0.05) is 12.6 Å². The van der Waals surface area contributed by atoms with Crippen LogP contribution < -0.4 is 5.32 Å². The van der Waals surface area contributed by atoms with E-state index in [1.54, 1.807) is 0 Å². The van der Waals surface area contributed by atoms with Crippen molar-refractivity contribution in [2.24, 2.45) is 0 Å². The van der Waals surface area contributed by atoms with Crippen molar-refractivity contribution in [2.45, 2.75) is 44.9 Å². The summed E-state index contributed by atoms with van der Waals surface area (Å²) < 4.78 is 38.2. The summed E-state index contributed by atoms with van der Waals surface area (Å²) in [6, 6.07) is 0.866. The predicted molar refractivity (Wildman–Crippen MR) is 70.2 cm³/mol. The molecular formula is C12H20FNO4S. The normalized spacial score (nSPS) is 10.5. The van der Waals surface area contributed by atoms with Crippen molar-refractivity contribution in [3.8, 4) is 0 Å². The van der Waals surface area contributed by atoms with E-state index >= 15 is 0 Å². The molecule has 0 radical (unpaired) electrons. The molecule has 1 aromatic heterocycles. The van der Waals surface area contributed by atoms with E-state index in [4.69, 9.17) is 0 Å². The summed E-state index contributed by atoms with van der Waals surface area (Å²) in [5, 5.41) is 2.55. The molecule has 19 heavy (non-hydrogen) atoms. The van der Waals surface area contributed by atoms with Crippen LogP contribution in [-0.4, -0.2) is 20.9 Å². The van der Waals surface area contributed by atoms with Gasteiger partial charge >= 0.3 is 10.2 Å². The third-order valence-electron chi connectivity index (χ3n) is 2.15. The Hall–Kier alpha value is -1.37. The van der Waals surface area contributed by atoms with Gasteiger partial charge in [-0.2, -0.15) is 8.42 Å². The maximum Gasteiger partial charge on any atom is 0.335 e. The SMILES string of the molecule is CC.CCCCCNC(=O)c1cc(S(=O)(=O)F)co1. The van der Waals surface area contributed by atoms with Gasteiger partial charge in [0.2, 0.25) is 0 Å². The molecule has 0 aliphatic rings. The maximum atomic E-state index is 12.5. The summed E-state index contributed by atoms with van der Waals surface area (Å²) >= 11 is 0. The van der Waals surface area contributed by atoms with E-state index < -0.39 is 21.0 Å². The molecule has 0 aliphatic carbocycles. The number of halogens is 1. The summed E-state index contributed by atoms with van der Waals surface area (Å²) in [5.74, 6) is -0.756. The summed E-state index contributed by atoms with van der Waals surface area (Å²) in [6.07, 6.45) is 3.55. The van der Waals surface area contributed by atoms with Crippen LogP contribution in [0, 0.1) is 0 Å². The molecule has 5 nitrogen and oxygen atoms in total. The Morgan fingerprint density at radius 3 is 2.47 bits per heavy atom. The molecule has 7 heteroatoms. The number of carbonyl (C=O) groups is 1. The fourth-order valence-electron chi connectivity index (χ4n) is 1.23. The lowest BCUT2D eigenvalue weighted by Gasteiger charge is -2.01. The number of amides is 1. The van der Waals surface area contributed by atoms with Crippen LogP contribution in [0.3, 0.4) is 0 Å². The topological polar surface area (TPSA) is 76.4 Å². The lowest BCUT2D eigenvalue weighted by molar-refractivity contribution is 0.0925. The van der Waals surface area contributed by atoms with Gasteiger partial charge in [0.15, 0.2) is 5.76 Å². The van der Waals surface area contributed by atoms with Gasteiger partial charge in [-0.25, -0.2) is 0 Å². The average Bonchev–Trinajstić information content (AvgIpc) is 2.86.